The summed E-state index contributed by atoms with van der Waals surface area (Å²) >= 11 is 1.08. The van der Waals surface area contributed by atoms with E-state index in [0.717, 1.165) is 17.4 Å². The van der Waals surface area contributed by atoms with E-state index in [4.69, 9.17) is 21.9 Å². The van der Waals surface area contributed by atoms with Crippen molar-refractivity contribution in [3.63, 3.8) is 0 Å². The fourth-order valence-corrected chi connectivity index (χ4v) is 7.24. The maximum Gasteiger partial charge on any atom is 0.262 e. The van der Waals surface area contributed by atoms with Gasteiger partial charge in [0.1, 0.15) is 23.2 Å². The van der Waals surface area contributed by atoms with E-state index < -0.39 is 41.4 Å². The molecule has 2 amide bonds. The maximum absolute atomic E-state index is 14.8. The van der Waals surface area contributed by atoms with Crippen molar-refractivity contribution >= 4 is 44.7 Å². The molecule has 3 aromatic carbocycles. The highest BCUT2D eigenvalue weighted by Crippen LogP contribution is 2.50. The van der Waals surface area contributed by atoms with Crippen LogP contribution >= 0.6 is 11.3 Å². The maximum atomic E-state index is 14.8. The number of nitrogens with two attached hydrogens (primary N) is 3. The molecule has 1 fully saturated rings. The van der Waals surface area contributed by atoms with E-state index in [2.05, 4.69) is 11.9 Å². The number of rotatable bonds is 6. The van der Waals surface area contributed by atoms with E-state index in [0.29, 0.717) is 49.5 Å². The highest BCUT2D eigenvalue weighted by Gasteiger charge is 2.49. The molecule has 4 aromatic rings. The van der Waals surface area contributed by atoms with Crippen molar-refractivity contribution in [2.24, 2.45) is 11.5 Å². The van der Waals surface area contributed by atoms with Gasteiger partial charge in [-0.1, -0.05) is 36.9 Å². The van der Waals surface area contributed by atoms with Crippen LogP contribution in [0.4, 0.5) is 10.1 Å². The average molecular weight is 600 g/mol. The second-order valence-electron chi connectivity index (χ2n) is 10.8. The standard InChI is InChI=1S/C32H30FN5O4S/c1-3-24(39)38-14-21(33)23(15-38)37-31(41)29-26-25-20(11-12-22(34)28(25)43-29)32(36,30(40)27(26)35)19-10-9-18(13-16(19)2)42-17-7-5-4-6-8-17/h3-13,21,23,27H,1,14-15,34-36H2,2H3,(H,37,41)/t21-,23-,27?,32?/m0/s1. The lowest BCUT2D eigenvalue weighted by Gasteiger charge is -2.37. The summed E-state index contributed by atoms with van der Waals surface area (Å²) in [5.41, 5.74) is 20.8. The number of likely N-dealkylation sites (tertiary alicyclic amines) is 1. The smallest absolute Gasteiger partial charge is 0.262 e. The molecule has 220 valence electrons. The van der Waals surface area contributed by atoms with Gasteiger partial charge in [-0.3, -0.25) is 14.4 Å². The summed E-state index contributed by atoms with van der Waals surface area (Å²) in [7, 11) is 0. The van der Waals surface area contributed by atoms with E-state index in [1.165, 1.54) is 4.90 Å². The molecule has 2 heterocycles. The molecule has 0 spiro atoms. The SMILES string of the molecule is C=CC(=O)N1C[C@H](NC(=O)c2sc3c(N)ccc4c3c2C(N)C(=O)C4(N)c2ccc(Oc3ccccc3)cc2C)[C@@H](F)C1. The van der Waals surface area contributed by atoms with Crippen LogP contribution in [0.3, 0.4) is 0 Å². The zero-order valence-electron chi connectivity index (χ0n) is 23.3. The monoisotopic (exact) mass is 599 g/mol. The predicted octanol–water partition coefficient (Wildman–Crippen LogP) is 3.83. The molecule has 6 rings (SSSR count). The molecule has 0 bridgehead atoms. The molecule has 0 radical (unpaired) electrons. The van der Waals surface area contributed by atoms with Crippen LogP contribution in [0.2, 0.25) is 0 Å². The van der Waals surface area contributed by atoms with Crippen molar-refractivity contribution in [1.82, 2.24) is 10.2 Å². The van der Waals surface area contributed by atoms with Crippen LogP contribution in [0.15, 0.2) is 73.3 Å². The van der Waals surface area contributed by atoms with Gasteiger partial charge in [0.15, 0.2) is 5.78 Å². The van der Waals surface area contributed by atoms with Crippen molar-refractivity contribution < 1.29 is 23.5 Å². The second kappa shape index (κ2) is 10.6. The van der Waals surface area contributed by atoms with Gasteiger partial charge in [0, 0.05) is 23.2 Å². The number of nitrogens with one attached hydrogen (secondary N) is 1. The molecule has 1 aromatic heterocycles. The number of ketones is 1. The highest BCUT2D eigenvalue weighted by atomic mass is 32.1. The predicted molar refractivity (Wildman–Crippen MR) is 164 cm³/mol. The quantitative estimate of drug-likeness (QED) is 0.194. The number of aryl methyl sites for hydroxylation is 1. The molecule has 2 aliphatic rings. The Kier molecular flexibility index (Phi) is 7.04. The fraction of sp³-hybridized carbons (Fsp3) is 0.219. The summed E-state index contributed by atoms with van der Waals surface area (Å²) in [5.74, 6) is -0.277. The number of carbonyl (C=O) groups excluding carboxylic acids is 3. The summed E-state index contributed by atoms with van der Waals surface area (Å²) in [6, 6.07) is 15.8. The van der Waals surface area contributed by atoms with Crippen LogP contribution in [0, 0.1) is 6.92 Å². The molecule has 9 nitrogen and oxygen atoms in total. The first kappa shape index (κ1) is 28.5. The third-order valence-electron chi connectivity index (χ3n) is 8.17. The Morgan fingerprint density at radius 3 is 2.53 bits per heavy atom. The number of para-hydroxylation sites is 1. The van der Waals surface area contributed by atoms with Gasteiger partial charge in [0.25, 0.3) is 5.91 Å². The van der Waals surface area contributed by atoms with Crippen molar-refractivity contribution in [3.05, 3.63) is 100 Å². The number of nitrogen functional groups attached to an aromatic ring is 1. The van der Waals surface area contributed by atoms with Gasteiger partial charge in [0.05, 0.1) is 28.2 Å². The Bertz CT molecular complexity index is 1810. The van der Waals surface area contributed by atoms with Gasteiger partial charge in [-0.2, -0.15) is 0 Å². The number of thiophene rings is 1. The van der Waals surface area contributed by atoms with E-state index in [1.54, 1.807) is 24.3 Å². The molecule has 1 saturated heterocycles. The fourth-order valence-electron chi connectivity index (χ4n) is 6.04. The van der Waals surface area contributed by atoms with Gasteiger partial charge < -0.3 is 32.2 Å². The number of alkyl halides is 1. The topological polar surface area (TPSA) is 154 Å². The second-order valence-corrected chi connectivity index (χ2v) is 11.9. The lowest BCUT2D eigenvalue weighted by molar-refractivity contribution is -0.125. The molecule has 4 atom stereocenters. The number of carbonyl (C=O) groups is 3. The minimum Gasteiger partial charge on any atom is -0.457 e. The number of ether oxygens (including phenoxy) is 1. The third-order valence-corrected chi connectivity index (χ3v) is 9.43. The van der Waals surface area contributed by atoms with Crippen LogP contribution in [0.25, 0.3) is 10.1 Å². The molecule has 7 N–H and O–H groups in total. The Balaban J connectivity index is 1.40. The van der Waals surface area contributed by atoms with E-state index >= 15 is 0 Å². The summed E-state index contributed by atoms with van der Waals surface area (Å²) in [6.45, 7) is 5.11. The van der Waals surface area contributed by atoms with E-state index in [9.17, 15) is 18.8 Å². The van der Waals surface area contributed by atoms with Crippen molar-refractivity contribution in [2.45, 2.75) is 30.7 Å². The van der Waals surface area contributed by atoms with Crippen LogP contribution in [0.5, 0.6) is 11.5 Å². The Hall–Kier alpha value is -4.58. The number of nitrogens with zero attached hydrogens (tertiary/aromatic N) is 1. The van der Waals surface area contributed by atoms with Crippen molar-refractivity contribution in [1.29, 1.82) is 0 Å². The van der Waals surface area contributed by atoms with Gasteiger partial charge in [-0.15, -0.1) is 11.3 Å². The Morgan fingerprint density at radius 2 is 1.84 bits per heavy atom. The van der Waals surface area contributed by atoms with Gasteiger partial charge in [-0.05, 0) is 60.0 Å². The molecule has 0 saturated carbocycles. The van der Waals surface area contributed by atoms with Gasteiger partial charge in [0.2, 0.25) is 5.91 Å². The Labute approximate surface area is 251 Å². The first-order valence-electron chi connectivity index (χ1n) is 13.7. The van der Waals surface area contributed by atoms with Crippen LogP contribution in [-0.2, 0) is 15.1 Å². The zero-order chi connectivity index (χ0) is 30.6. The minimum absolute atomic E-state index is 0.00840. The van der Waals surface area contributed by atoms with Crippen LogP contribution < -0.4 is 27.3 Å². The third kappa shape index (κ3) is 4.56. The zero-order valence-corrected chi connectivity index (χ0v) is 24.1. The first-order valence-corrected chi connectivity index (χ1v) is 14.5. The van der Waals surface area contributed by atoms with Crippen LogP contribution in [-0.4, -0.2) is 47.8 Å². The molecule has 43 heavy (non-hydrogen) atoms. The number of amides is 2. The molecule has 2 unspecified atom stereocenters. The molecule has 1 aliphatic carbocycles. The summed E-state index contributed by atoms with van der Waals surface area (Å²) in [4.78, 5) is 41.1. The number of hydrogen-bond donors (Lipinski definition) is 4. The minimum atomic E-state index is -1.64. The molecular formula is C32H30FN5O4S. The number of hydrogen-bond acceptors (Lipinski definition) is 8. The number of anilines is 1. The number of benzene rings is 3. The highest BCUT2D eigenvalue weighted by molar-refractivity contribution is 7.21. The summed E-state index contributed by atoms with van der Waals surface area (Å²) in [6.07, 6.45) is -0.366. The van der Waals surface area contributed by atoms with Crippen molar-refractivity contribution in [3.8, 4) is 11.5 Å². The Morgan fingerprint density at radius 1 is 1.12 bits per heavy atom. The number of halogens is 1. The molecule has 11 heteroatoms. The lowest BCUT2D eigenvalue weighted by Crippen LogP contribution is -2.53. The van der Waals surface area contributed by atoms with Crippen molar-refractivity contribution in [2.75, 3.05) is 18.8 Å². The number of Topliss-reactive ketones (excluding diaryl/α,β-unsaturated/α-hetero) is 1. The van der Waals surface area contributed by atoms with Gasteiger partial charge in [-0.25, -0.2) is 4.39 Å². The largest absolute Gasteiger partial charge is 0.457 e. The first-order chi connectivity index (χ1) is 20.5. The van der Waals surface area contributed by atoms with E-state index in [1.807, 2.05) is 43.3 Å². The lowest BCUT2D eigenvalue weighted by atomic mass is 9.69. The molecular weight excluding hydrogens is 569 g/mol. The van der Waals surface area contributed by atoms with Gasteiger partial charge >= 0.3 is 0 Å². The summed E-state index contributed by atoms with van der Waals surface area (Å²) in [5, 5.41) is 3.23. The van der Waals surface area contributed by atoms with E-state index in [-0.39, 0.29) is 18.0 Å². The molecule has 1 aliphatic heterocycles. The normalized spacial score (nSPS) is 22.9. The summed E-state index contributed by atoms with van der Waals surface area (Å²) < 4.78 is 21.3. The van der Waals surface area contributed by atoms with Crippen LogP contribution in [0.1, 0.15) is 38.0 Å². The average Bonchev–Trinajstić information content (AvgIpc) is 3.57.